The fraction of sp³-hybridized carbons (Fsp3) is 0.769. The monoisotopic (exact) mass is 267 g/mol. The van der Waals surface area contributed by atoms with E-state index < -0.39 is 6.61 Å². The van der Waals surface area contributed by atoms with Crippen LogP contribution in [0.1, 0.15) is 34.1 Å². The average molecular weight is 267 g/mol. The van der Waals surface area contributed by atoms with Crippen molar-refractivity contribution < 1.29 is 19.2 Å². The lowest BCUT2D eigenvalue weighted by atomic mass is 9.75. The summed E-state index contributed by atoms with van der Waals surface area (Å²) in [7, 11) is -0.323. The number of amides is 1. The van der Waals surface area contributed by atoms with Crippen molar-refractivity contribution in [1.29, 1.82) is 0 Å². The summed E-state index contributed by atoms with van der Waals surface area (Å²) in [5, 5.41) is 8.84. The van der Waals surface area contributed by atoms with Gasteiger partial charge in [-0.15, -0.1) is 0 Å². The van der Waals surface area contributed by atoms with Crippen LogP contribution < -0.4 is 0 Å². The number of aliphatic hydroxyl groups is 1. The van der Waals surface area contributed by atoms with Crippen LogP contribution in [0.5, 0.6) is 0 Å². The number of hydrogen-bond acceptors (Lipinski definition) is 4. The van der Waals surface area contributed by atoms with E-state index >= 15 is 0 Å². The maximum Gasteiger partial charge on any atom is 0.490 e. The molecule has 2 rings (SSSR count). The van der Waals surface area contributed by atoms with Crippen molar-refractivity contribution >= 4 is 13.0 Å². The van der Waals surface area contributed by atoms with Gasteiger partial charge >= 0.3 is 7.12 Å². The first-order valence-corrected chi connectivity index (χ1v) is 6.70. The Bertz CT molecular complexity index is 389. The van der Waals surface area contributed by atoms with E-state index in [2.05, 4.69) is 0 Å². The second kappa shape index (κ2) is 4.92. The van der Waals surface area contributed by atoms with Crippen LogP contribution >= 0.6 is 0 Å². The van der Waals surface area contributed by atoms with Gasteiger partial charge in [0.2, 0.25) is 5.91 Å². The Morgan fingerprint density at radius 2 is 1.95 bits per heavy atom. The van der Waals surface area contributed by atoms with Gasteiger partial charge in [-0.3, -0.25) is 4.79 Å². The molecule has 0 radical (unpaired) electrons. The van der Waals surface area contributed by atoms with Gasteiger partial charge in [-0.1, -0.05) is 6.08 Å². The van der Waals surface area contributed by atoms with Gasteiger partial charge in [-0.05, 0) is 39.6 Å². The lowest BCUT2D eigenvalue weighted by Crippen LogP contribution is -2.41. The minimum absolute atomic E-state index is 0.232. The number of carbonyl (C=O) groups is 1. The highest BCUT2D eigenvalue weighted by Crippen LogP contribution is 2.39. The van der Waals surface area contributed by atoms with Crippen LogP contribution in [0.3, 0.4) is 0 Å². The molecule has 2 aliphatic heterocycles. The smallest absolute Gasteiger partial charge is 0.400 e. The third-order valence-corrected chi connectivity index (χ3v) is 4.29. The molecule has 0 atom stereocenters. The minimum atomic E-state index is -0.431. The fourth-order valence-corrected chi connectivity index (χ4v) is 2.22. The van der Waals surface area contributed by atoms with Crippen molar-refractivity contribution in [2.75, 3.05) is 19.7 Å². The predicted octanol–water partition coefficient (Wildman–Crippen LogP) is 0.769. The molecular weight excluding hydrogens is 245 g/mol. The Morgan fingerprint density at radius 1 is 1.37 bits per heavy atom. The summed E-state index contributed by atoms with van der Waals surface area (Å²) in [5.74, 6) is -0.232. The fourth-order valence-electron chi connectivity index (χ4n) is 2.22. The Labute approximate surface area is 114 Å². The molecular formula is C13H22BNO4. The summed E-state index contributed by atoms with van der Waals surface area (Å²) in [4.78, 5) is 13.0. The summed E-state index contributed by atoms with van der Waals surface area (Å²) in [5.41, 5.74) is 0.410. The van der Waals surface area contributed by atoms with Crippen molar-refractivity contribution in [1.82, 2.24) is 4.90 Å². The molecule has 0 aromatic rings. The van der Waals surface area contributed by atoms with E-state index in [4.69, 9.17) is 14.4 Å². The molecule has 5 nitrogen and oxygen atoms in total. The topological polar surface area (TPSA) is 59.0 Å². The van der Waals surface area contributed by atoms with Crippen molar-refractivity contribution in [2.24, 2.45) is 0 Å². The Balaban J connectivity index is 2.03. The third kappa shape index (κ3) is 2.71. The molecule has 0 aliphatic carbocycles. The van der Waals surface area contributed by atoms with Crippen LogP contribution in [0.25, 0.3) is 0 Å². The maximum atomic E-state index is 11.4. The molecule has 0 bridgehead atoms. The van der Waals surface area contributed by atoms with Gasteiger partial charge in [0.25, 0.3) is 0 Å². The van der Waals surface area contributed by atoms with Crippen LogP contribution in [0.2, 0.25) is 0 Å². The molecule has 6 heteroatoms. The first kappa shape index (κ1) is 14.6. The standard InChI is InChI=1S/C13H22BNO4/c1-12(2)13(3,4)19-14(18-12)10-5-7-15(8-6-10)11(17)9-16/h5,16H,6-9H2,1-4H3. The number of carbonyl (C=O) groups excluding carboxylic acids is 1. The molecule has 2 heterocycles. The molecule has 0 spiro atoms. The van der Waals surface area contributed by atoms with Crippen molar-refractivity contribution in [3.63, 3.8) is 0 Å². The third-order valence-electron chi connectivity index (χ3n) is 4.29. The van der Waals surface area contributed by atoms with Crippen molar-refractivity contribution in [3.8, 4) is 0 Å². The maximum absolute atomic E-state index is 11.4. The second-order valence-electron chi connectivity index (χ2n) is 6.12. The summed E-state index contributed by atoms with van der Waals surface area (Å²) < 4.78 is 12.0. The highest BCUT2D eigenvalue weighted by molar-refractivity contribution is 6.54. The molecule has 106 valence electrons. The van der Waals surface area contributed by atoms with Gasteiger partial charge in [0.15, 0.2) is 0 Å². The molecule has 0 aromatic heterocycles. The van der Waals surface area contributed by atoms with Gasteiger partial charge in [0, 0.05) is 13.1 Å². The second-order valence-corrected chi connectivity index (χ2v) is 6.12. The average Bonchev–Trinajstić information content (AvgIpc) is 2.58. The zero-order chi connectivity index (χ0) is 14.3. The van der Waals surface area contributed by atoms with E-state index in [-0.39, 0.29) is 24.2 Å². The van der Waals surface area contributed by atoms with E-state index in [0.717, 1.165) is 11.9 Å². The van der Waals surface area contributed by atoms with E-state index in [9.17, 15) is 4.79 Å². The zero-order valence-electron chi connectivity index (χ0n) is 12.1. The number of nitrogens with zero attached hydrogens (tertiary/aromatic N) is 1. The first-order valence-electron chi connectivity index (χ1n) is 6.70. The SMILES string of the molecule is CC1(C)OB(C2=CCN(C(=O)CO)CC2)OC1(C)C. The summed E-state index contributed by atoms with van der Waals surface area (Å²) in [6.45, 7) is 8.79. The van der Waals surface area contributed by atoms with Gasteiger partial charge < -0.3 is 19.3 Å². The van der Waals surface area contributed by atoms with Gasteiger partial charge in [-0.2, -0.15) is 0 Å². The van der Waals surface area contributed by atoms with Gasteiger partial charge in [0.1, 0.15) is 6.61 Å². The highest BCUT2D eigenvalue weighted by Gasteiger charge is 2.52. The molecule has 1 saturated heterocycles. The highest BCUT2D eigenvalue weighted by atomic mass is 16.7. The van der Waals surface area contributed by atoms with Crippen LogP contribution in [-0.4, -0.2) is 53.9 Å². The first-order chi connectivity index (χ1) is 8.77. The van der Waals surface area contributed by atoms with Crippen molar-refractivity contribution in [3.05, 3.63) is 11.5 Å². The Hall–Kier alpha value is -0.845. The van der Waals surface area contributed by atoms with E-state index in [0.29, 0.717) is 13.1 Å². The molecule has 19 heavy (non-hydrogen) atoms. The quantitative estimate of drug-likeness (QED) is 0.751. The predicted molar refractivity (Wildman–Crippen MR) is 72.4 cm³/mol. The molecule has 0 saturated carbocycles. The van der Waals surface area contributed by atoms with Gasteiger partial charge in [-0.25, -0.2) is 0 Å². The normalized spacial score (nSPS) is 25.4. The Kier molecular flexibility index (Phi) is 3.77. The van der Waals surface area contributed by atoms with Crippen molar-refractivity contribution in [2.45, 2.75) is 45.3 Å². The zero-order valence-corrected chi connectivity index (χ0v) is 12.1. The van der Waals surface area contributed by atoms with Gasteiger partial charge in [0.05, 0.1) is 11.2 Å². The van der Waals surface area contributed by atoms with Crippen LogP contribution in [0.4, 0.5) is 0 Å². The van der Waals surface area contributed by atoms with E-state index in [1.807, 2.05) is 33.8 Å². The molecule has 2 aliphatic rings. The molecule has 1 amide bonds. The lowest BCUT2D eigenvalue weighted by Gasteiger charge is -2.32. The molecule has 0 aromatic carbocycles. The molecule has 1 fully saturated rings. The van der Waals surface area contributed by atoms with Crippen LogP contribution in [0.15, 0.2) is 11.5 Å². The minimum Gasteiger partial charge on any atom is -0.400 e. The number of hydrogen-bond donors (Lipinski definition) is 1. The van der Waals surface area contributed by atoms with Crippen LogP contribution in [-0.2, 0) is 14.1 Å². The lowest BCUT2D eigenvalue weighted by molar-refractivity contribution is -0.133. The largest absolute Gasteiger partial charge is 0.490 e. The van der Waals surface area contributed by atoms with E-state index in [1.165, 1.54) is 0 Å². The summed E-state index contributed by atoms with van der Waals surface area (Å²) in [6.07, 6.45) is 2.70. The summed E-state index contributed by atoms with van der Waals surface area (Å²) in [6, 6.07) is 0. The Morgan fingerprint density at radius 3 is 2.37 bits per heavy atom. The number of rotatable bonds is 2. The number of aliphatic hydroxyl groups excluding tert-OH is 1. The molecule has 1 N–H and O–H groups in total. The van der Waals surface area contributed by atoms with Crippen LogP contribution in [0, 0.1) is 0 Å². The van der Waals surface area contributed by atoms with E-state index in [1.54, 1.807) is 4.90 Å². The summed E-state index contributed by atoms with van der Waals surface area (Å²) >= 11 is 0. The molecule has 0 unspecified atom stereocenters.